The molecule has 0 aliphatic carbocycles. The number of nitrogens with zero attached hydrogens (tertiary/aromatic N) is 1. The molecule has 0 rings (SSSR count). The van der Waals surface area contributed by atoms with Crippen LogP contribution in [0.2, 0.25) is 0 Å². The Morgan fingerprint density at radius 2 is 2.33 bits per heavy atom. The van der Waals surface area contributed by atoms with Crippen molar-refractivity contribution in [2.45, 2.75) is 0 Å². The van der Waals surface area contributed by atoms with E-state index in [1.165, 1.54) is 0 Å². The van der Waals surface area contributed by atoms with E-state index in [4.69, 9.17) is 0 Å². The first-order valence-electron chi connectivity index (χ1n) is 1.33. The largest absolute Gasteiger partial charge is 0.282 e. The van der Waals surface area contributed by atoms with Gasteiger partial charge in [-0.3, -0.25) is 9.10 Å². The summed E-state index contributed by atoms with van der Waals surface area (Å²) in [6.07, 6.45) is 0.593. The van der Waals surface area contributed by atoms with Crippen LogP contribution in [-0.2, 0) is 4.79 Å². The lowest BCUT2D eigenvalue weighted by Crippen LogP contribution is -2.04. The topological polar surface area (TPSA) is 20.3 Å². The van der Waals surface area contributed by atoms with Gasteiger partial charge in [-0.2, -0.15) is 12.6 Å². The lowest BCUT2D eigenvalue weighted by Gasteiger charge is -1.98. The molecule has 4 heteroatoms. The highest BCUT2D eigenvalue weighted by molar-refractivity contribution is 7.82. The molecule has 0 aliphatic heterocycles. The first-order valence-corrected chi connectivity index (χ1v) is 2.36. The van der Waals surface area contributed by atoms with Gasteiger partial charge in [-0.25, -0.2) is 0 Å². The Morgan fingerprint density at radius 1 is 1.83 bits per heavy atom. The quantitative estimate of drug-likeness (QED) is 0.305. The Balaban J connectivity index is 2.96. The average molecular weight is 123 g/mol. The van der Waals surface area contributed by atoms with Crippen LogP contribution < -0.4 is 0 Å². The van der Waals surface area contributed by atoms with Crippen molar-refractivity contribution < 1.29 is 4.79 Å². The normalized spacial score (nSPS) is 7.67. The molecule has 0 aromatic carbocycles. The van der Waals surface area contributed by atoms with Gasteiger partial charge < -0.3 is 0 Å². The molecule has 0 aromatic heterocycles. The van der Waals surface area contributed by atoms with Gasteiger partial charge in [-0.1, -0.05) is 12.8 Å². The average Bonchev–Trinajstić information content (AvgIpc) is 1.65. The summed E-state index contributed by atoms with van der Waals surface area (Å²) in [5, 5.41) is 0. The van der Waals surface area contributed by atoms with Crippen molar-refractivity contribution in [2.75, 3.05) is 5.88 Å². The zero-order valence-corrected chi connectivity index (χ0v) is 4.82. The summed E-state index contributed by atoms with van der Waals surface area (Å²) in [5.41, 5.74) is 0. The lowest BCUT2D eigenvalue weighted by atomic mass is 11.2. The first-order chi connectivity index (χ1) is 2.81. The molecule has 0 saturated carbocycles. The Labute approximate surface area is 47.5 Å². The van der Waals surface area contributed by atoms with Crippen LogP contribution >= 0.6 is 25.4 Å². The summed E-state index contributed by atoms with van der Waals surface area (Å²) in [7, 11) is 0. The minimum absolute atomic E-state index is 0.354. The SMILES string of the molecule is O=CN(S)CS. The van der Waals surface area contributed by atoms with Crippen LogP contribution in [0.15, 0.2) is 0 Å². The van der Waals surface area contributed by atoms with Crippen molar-refractivity contribution in [3.8, 4) is 0 Å². The molecule has 36 valence electrons. The molecular weight excluding hydrogens is 118 g/mol. The molecule has 0 N–H and O–H groups in total. The van der Waals surface area contributed by atoms with Gasteiger partial charge in [0.2, 0.25) is 6.41 Å². The minimum Gasteiger partial charge on any atom is -0.282 e. The number of amides is 1. The third-order valence-electron chi connectivity index (χ3n) is 0.267. The van der Waals surface area contributed by atoms with Crippen LogP contribution in [-0.4, -0.2) is 16.6 Å². The molecule has 0 fully saturated rings. The van der Waals surface area contributed by atoms with E-state index in [1.54, 1.807) is 0 Å². The molecule has 0 unspecified atom stereocenters. The number of carbonyl (C=O) groups excluding carboxylic acids is 1. The predicted molar refractivity (Wildman–Crippen MR) is 30.7 cm³/mol. The van der Waals surface area contributed by atoms with Crippen LogP contribution in [0.5, 0.6) is 0 Å². The highest BCUT2D eigenvalue weighted by Crippen LogP contribution is 1.86. The van der Waals surface area contributed by atoms with Gasteiger partial charge in [-0.15, -0.1) is 0 Å². The second-order valence-electron chi connectivity index (χ2n) is 0.686. The van der Waals surface area contributed by atoms with E-state index >= 15 is 0 Å². The van der Waals surface area contributed by atoms with Crippen molar-refractivity contribution in [1.82, 2.24) is 4.31 Å². The van der Waals surface area contributed by atoms with Crippen molar-refractivity contribution in [2.24, 2.45) is 0 Å². The van der Waals surface area contributed by atoms with E-state index in [0.717, 1.165) is 4.31 Å². The maximum Gasteiger partial charge on any atom is 0.220 e. The van der Waals surface area contributed by atoms with Crippen molar-refractivity contribution in [1.29, 1.82) is 0 Å². The van der Waals surface area contributed by atoms with Crippen molar-refractivity contribution >= 4 is 31.9 Å². The Bertz CT molecular complexity index is 48.8. The number of carbonyl (C=O) groups is 1. The van der Waals surface area contributed by atoms with Gasteiger partial charge in [0.25, 0.3) is 0 Å². The van der Waals surface area contributed by atoms with Crippen molar-refractivity contribution in [3.63, 3.8) is 0 Å². The van der Waals surface area contributed by atoms with E-state index in [1.807, 2.05) is 0 Å². The minimum atomic E-state index is 0.354. The highest BCUT2D eigenvalue weighted by Gasteiger charge is 1.81. The van der Waals surface area contributed by atoms with Crippen LogP contribution in [0.4, 0.5) is 0 Å². The molecule has 1 amide bonds. The van der Waals surface area contributed by atoms with Crippen LogP contribution in [0.3, 0.4) is 0 Å². The van der Waals surface area contributed by atoms with Crippen LogP contribution in [0.1, 0.15) is 0 Å². The molecular formula is C2H5NOS2. The standard InChI is InChI=1S/C2H5NOS2/c4-1-3(6)2-5/h1,5-6H,2H2. The zero-order valence-electron chi connectivity index (χ0n) is 3.03. The first kappa shape index (κ1) is 6.17. The van der Waals surface area contributed by atoms with E-state index in [0.29, 0.717) is 12.3 Å². The molecule has 6 heavy (non-hydrogen) atoms. The van der Waals surface area contributed by atoms with Gasteiger partial charge in [0.15, 0.2) is 0 Å². The molecule has 2 nitrogen and oxygen atoms in total. The number of rotatable bonds is 2. The smallest absolute Gasteiger partial charge is 0.220 e. The predicted octanol–water partition coefficient (Wildman–Crippen LogP) is 0.177. The number of hydrogen-bond acceptors (Lipinski definition) is 3. The lowest BCUT2D eigenvalue weighted by molar-refractivity contribution is -0.113. The summed E-state index contributed by atoms with van der Waals surface area (Å²) in [6.45, 7) is 0. The van der Waals surface area contributed by atoms with Gasteiger partial charge >= 0.3 is 0 Å². The number of hydrogen-bond donors (Lipinski definition) is 2. The monoisotopic (exact) mass is 123 g/mol. The Morgan fingerprint density at radius 3 is 2.33 bits per heavy atom. The van der Waals surface area contributed by atoms with E-state index in [-0.39, 0.29) is 0 Å². The van der Waals surface area contributed by atoms with Gasteiger partial charge in [-0.05, 0) is 0 Å². The van der Waals surface area contributed by atoms with E-state index < -0.39 is 0 Å². The summed E-state index contributed by atoms with van der Waals surface area (Å²) in [5.74, 6) is 0.354. The Kier molecular flexibility index (Phi) is 3.46. The van der Waals surface area contributed by atoms with Gasteiger partial charge in [0.1, 0.15) is 0 Å². The van der Waals surface area contributed by atoms with Crippen LogP contribution in [0.25, 0.3) is 0 Å². The fraction of sp³-hybridized carbons (Fsp3) is 0.500. The Hall–Kier alpha value is 0.170. The highest BCUT2D eigenvalue weighted by atomic mass is 32.1. The number of thiol groups is 2. The third kappa shape index (κ3) is 2.41. The molecule has 0 radical (unpaired) electrons. The van der Waals surface area contributed by atoms with Gasteiger partial charge in [0, 0.05) is 0 Å². The summed E-state index contributed by atoms with van der Waals surface area (Å²) >= 11 is 7.33. The summed E-state index contributed by atoms with van der Waals surface area (Å²) in [6, 6.07) is 0. The molecule has 0 heterocycles. The second kappa shape index (κ2) is 3.36. The van der Waals surface area contributed by atoms with E-state index in [2.05, 4.69) is 25.4 Å². The van der Waals surface area contributed by atoms with Crippen LogP contribution in [0, 0.1) is 0 Å². The molecule has 0 atom stereocenters. The van der Waals surface area contributed by atoms with Gasteiger partial charge in [0.05, 0.1) is 5.88 Å². The fourth-order valence-electron chi connectivity index (χ4n) is 0.0333. The second-order valence-corrected chi connectivity index (χ2v) is 1.48. The molecule has 0 spiro atoms. The maximum absolute atomic E-state index is 9.54. The molecule has 0 aliphatic rings. The van der Waals surface area contributed by atoms with Crippen molar-refractivity contribution in [3.05, 3.63) is 0 Å². The molecule has 0 aromatic rings. The summed E-state index contributed by atoms with van der Waals surface area (Å²) in [4.78, 5) is 9.54. The molecule has 0 bridgehead atoms. The zero-order chi connectivity index (χ0) is 4.99. The fourth-order valence-corrected chi connectivity index (χ4v) is 0.100. The summed E-state index contributed by atoms with van der Waals surface area (Å²) < 4.78 is 1.13. The maximum atomic E-state index is 9.54. The third-order valence-corrected chi connectivity index (χ3v) is 1.03. The molecule has 0 saturated heterocycles. The van der Waals surface area contributed by atoms with E-state index in [9.17, 15) is 4.79 Å².